The van der Waals surface area contributed by atoms with Gasteiger partial charge >= 0.3 is 11.9 Å². The van der Waals surface area contributed by atoms with Crippen LogP contribution in [0.3, 0.4) is 0 Å². The second-order valence-electron chi connectivity index (χ2n) is 5.93. The minimum absolute atomic E-state index is 0.131. The molecule has 0 aliphatic heterocycles. The topological polar surface area (TPSA) is 110 Å². The van der Waals surface area contributed by atoms with Crippen LogP contribution in [-0.2, 0) is 4.79 Å². The quantitative estimate of drug-likeness (QED) is 0.320. The van der Waals surface area contributed by atoms with Crippen molar-refractivity contribution in [2.24, 2.45) is 5.10 Å². The van der Waals surface area contributed by atoms with Gasteiger partial charge in [0, 0.05) is 19.9 Å². The molecule has 3 rings (SSSR count). The van der Waals surface area contributed by atoms with Crippen LogP contribution >= 0.6 is 31.9 Å². The lowest BCUT2D eigenvalue weighted by atomic mass is 10.2. The Bertz CT molecular complexity index is 1130. The minimum Gasteiger partial charge on any atom is -0.490 e. The molecule has 0 unspecified atom stereocenters. The molecular weight excluding hydrogens is 524 g/mol. The average Bonchev–Trinajstić information content (AvgIpc) is 3.12. The molecule has 1 aromatic heterocycles. The lowest BCUT2D eigenvalue weighted by Crippen LogP contribution is -2.16. The first kappa shape index (κ1) is 21.8. The first-order valence-electron chi connectivity index (χ1n) is 8.70. The van der Waals surface area contributed by atoms with Crippen molar-refractivity contribution in [2.75, 3.05) is 13.2 Å². The standard InChI is InChI=1S/C20H16Br2N2O6/c1-2-28-16-7-12(14(22)8-17(16)29-10-19(25)26)9-23-24-20(27)18-6-11-5-13(21)3-4-15(11)30-18/h3-9H,2,10H2,1H3,(H,24,27)(H,25,26)/b23-9+. The number of aliphatic carboxylic acids is 1. The van der Waals surface area contributed by atoms with Crippen LogP contribution in [0.1, 0.15) is 23.0 Å². The van der Waals surface area contributed by atoms with Gasteiger partial charge in [-0.1, -0.05) is 15.9 Å². The van der Waals surface area contributed by atoms with Crippen LogP contribution < -0.4 is 14.9 Å². The highest BCUT2D eigenvalue weighted by molar-refractivity contribution is 9.10. The summed E-state index contributed by atoms with van der Waals surface area (Å²) in [5.74, 6) is -0.828. The van der Waals surface area contributed by atoms with Crippen LogP contribution in [0, 0.1) is 0 Å². The maximum atomic E-state index is 12.3. The molecule has 0 spiro atoms. The van der Waals surface area contributed by atoms with Crippen LogP contribution in [0.2, 0.25) is 0 Å². The van der Waals surface area contributed by atoms with Gasteiger partial charge < -0.3 is 19.0 Å². The van der Waals surface area contributed by atoms with Gasteiger partial charge in [0.25, 0.3) is 0 Å². The molecule has 1 heterocycles. The van der Waals surface area contributed by atoms with E-state index in [-0.39, 0.29) is 11.5 Å². The van der Waals surface area contributed by atoms with E-state index in [0.717, 1.165) is 9.86 Å². The summed E-state index contributed by atoms with van der Waals surface area (Å²) in [5, 5.41) is 13.5. The minimum atomic E-state index is -1.10. The van der Waals surface area contributed by atoms with Crippen LogP contribution in [-0.4, -0.2) is 36.4 Å². The SMILES string of the molecule is CCOc1cc(/C=N/NC(=O)c2cc3cc(Br)ccc3o2)c(Br)cc1OCC(=O)O. The highest BCUT2D eigenvalue weighted by Gasteiger charge is 2.13. The number of fused-ring (bicyclic) bond motifs is 1. The summed E-state index contributed by atoms with van der Waals surface area (Å²) in [6.07, 6.45) is 1.42. The summed E-state index contributed by atoms with van der Waals surface area (Å²) < 4.78 is 17.7. The van der Waals surface area contributed by atoms with Crippen LogP contribution in [0.5, 0.6) is 11.5 Å². The molecule has 2 aromatic carbocycles. The van der Waals surface area contributed by atoms with E-state index in [1.807, 2.05) is 12.1 Å². The second kappa shape index (κ2) is 9.77. The number of nitrogens with zero attached hydrogens (tertiary/aromatic N) is 1. The fourth-order valence-corrected chi connectivity index (χ4v) is 3.32. The molecule has 10 heteroatoms. The molecular formula is C20H16Br2N2O6. The number of hydrogen-bond acceptors (Lipinski definition) is 6. The first-order chi connectivity index (χ1) is 14.4. The third-order valence-electron chi connectivity index (χ3n) is 3.79. The maximum Gasteiger partial charge on any atom is 0.341 e. The number of ether oxygens (including phenoxy) is 2. The Morgan fingerprint density at radius 2 is 1.93 bits per heavy atom. The molecule has 0 saturated heterocycles. The van der Waals surface area contributed by atoms with E-state index in [1.54, 1.807) is 31.2 Å². The Balaban J connectivity index is 1.74. The van der Waals surface area contributed by atoms with E-state index in [4.69, 9.17) is 19.0 Å². The number of carbonyl (C=O) groups is 2. The van der Waals surface area contributed by atoms with E-state index >= 15 is 0 Å². The molecule has 8 nitrogen and oxygen atoms in total. The van der Waals surface area contributed by atoms with Crippen molar-refractivity contribution in [3.63, 3.8) is 0 Å². The number of hydrogen-bond donors (Lipinski definition) is 2. The normalized spacial score (nSPS) is 11.0. The summed E-state index contributed by atoms with van der Waals surface area (Å²) in [7, 11) is 0. The number of nitrogens with one attached hydrogen (secondary N) is 1. The smallest absolute Gasteiger partial charge is 0.341 e. The number of furan rings is 1. The zero-order valence-electron chi connectivity index (χ0n) is 15.6. The van der Waals surface area contributed by atoms with Crippen LogP contribution in [0.4, 0.5) is 0 Å². The van der Waals surface area contributed by atoms with Gasteiger partial charge in [-0.2, -0.15) is 5.10 Å². The van der Waals surface area contributed by atoms with E-state index < -0.39 is 18.5 Å². The number of hydrazone groups is 1. The zero-order chi connectivity index (χ0) is 21.7. The highest BCUT2D eigenvalue weighted by atomic mass is 79.9. The summed E-state index contributed by atoms with van der Waals surface area (Å²) in [6, 6.07) is 10.3. The number of rotatable bonds is 8. The molecule has 0 radical (unpaired) electrons. The van der Waals surface area contributed by atoms with Gasteiger partial charge in [-0.25, -0.2) is 10.2 Å². The van der Waals surface area contributed by atoms with Gasteiger partial charge in [0.05, 0.1) is 12.8 Å². The Kier molecular flexibility index (Phi) is 7.11. The second-order valence-corrected chi connectivity index (χ2v) is 7.70. The van der Waals surface area contributed by atoms with Gasteiger partial charge in [0.2, 0.25) is 0 Å². The number of amides is 1. The van der Waals surface area contributed by atoms with E-state index in [0.29, 0.717) is 28.0 Å². The summed E-state index contributed by atoms with van der Waals surface area (Å²) in [5.41, 5.74) is 3.59. The summed E-state index contributed by atoms with van der Waals surface area (Å²) >= 11 is 6.75. The van der Waals surface area contributed by atoms with Crippen LogP contribution in [0.25, 0.3) is 11.0 Å². The maximum absolute atomic E-state index is 12.3. The molecule has 1 amide bonds. The third-order valence-corrected chi connectivity index (χ3v) is 4.97. The number of carbonyl (C=O) groups excluding carboxylic acids is 1. The molecule has 0 aliphatic carbocycles. The highest BCUT2D eigenvalue weighted by Crippen LogP contribution is 2.33. The summed E-state index contributed by atoms with van der Waals surface area (Å²) in [4.78, 5) is 23.0. The van der Waals surface area contributed by atoms with Crippen molar-refractivity contribution in [1.29, 1.82) is 0 Å². The molecule has 156 valence electrons. The van der Waals surface area contributed by atoms with Crippen molar-refractivity contribution in [3.05, 3.63) is 56.7 Å². The predicted molar refractivity (Wildman–Crippen MR) is 117 cm³/mol. The van der Waals surface area contributed by atoms with Crippen molar-refractivity contribution in [3.8, 4) is 11.5 Å². The van der Waals surface area contributed by atoms with Gasteiger partial charge in [-0.15, -0.1) is 0 Å². The largest absolute Gasteiger partial charge is 0.490 e. The monoisotopic (exact) mass is 538 g/mol. The molecule has 30 heavy (non-hydrogen) atoms. The Hall–Kier alpha value is -2.85. The van der Waals surface area contributed by atoms with Crippen LogP contribution in [0.15, 0.2) is 54.9 Å². The van der Waals surface area contributed by atoms with E-state index in [9.17, 15) is 9.59 Å². The Morgan fingerprint density at radius 3 is 2.67 bits per heavy atom. The number of benzene rings is 2. The van der Waals surface area contributed by atoms with Gasteiger partial charge in [-0.3, -0.25) is 4.79 Å². The average molecular weight is 540 g/mol. The fraction of sp³-hybridized carbons (Fsp3) is 0.150. The Labute approximate surface area is 188 Å². The van der Waals surface area contributed by atoms with E-state index in [2.05, 4.69) is 42.4 Å². The Morgan fingerprint density at radius 1 is 1.17 bits per heavy atom. The summed E-state index contributed by atoms with van der Waals surface area (Å²) in [6.45, 7) is 1.66. The predicted octanol–water partition coefficient (Wildman–Crippen LogP) is 4.58. The zero-order valence-corrected chi connectivity index (χ0v) is 18.8. The number of halogens is 2. The third kappa shape index (κ3) is 5.39. The van der Waals surface area contributed by atoms with E-state index in [1.165, 1.54) is 6.21 Å². The van der Waals surface area contributed by atoms with Crippen molar-refractivity contribution in [1.82, 2.24) is 5.43 Å². The lowest BCUT2D eigenvalue weighted by molar-refractivity contribution is -0.139. The first-order valence-corrected chi connectivity index (χ1v) is 10.3. The number of carboxylic acid groups (broad SMARTS) is 1. The molecule has 2 N–H and O–H groups in total. The van der Waals surface area contributed by atoms with Gasteiger partial charge in [0.15, 0.2) is 23.9 Å². The lowest BCUT2D eigenvalue weighted by Gasteiger charge is -2.12. The molecule has 0 saturated carbocycles. The molecule has 0 fully saturated rings. The molecule has 0 aliphatic rings. The van der Waals surface area contributed by atoms with Gasteiger partial charge in [-0.05, 0) is 59.3 Å². The molecule has 0 bridgehead atoms. The van der Waals surface area contributed by atoms with Crippen molar-refractivity contribution in [2.45, 2.75) is 6.92 Å². The fourth-order valence-electron chi connectivity index (χ4n) is 2.51. The van der Waals surface area contributed by atoms with Crippen molar-refractivity contribution >= 4 is 60.9 Å². The molecule has 3 aromatic rings. The molecule has 0 atom stereocenters. The van der Waals surface area contributed by atoms with Gasteiger partial charge in [0.1, 0.15) is 5.58 Å². The number of carboxylic acids is 1. The van der Waals surface area contributed by atoms with Crippen molar-refractivity contribution < 1.29 is 28.6 Å².